The summed E-state index contributed by atoms with van der Waals surface area (Å²) in [5.41, 5.74) is 2.75. The maximum Gasteiger partial charge on any atom is 0.252 e. The van der Waals surface area contributed by atoms with Crippen LogP contribution in [-0.4, -0.2) is 69.6 Å². The number of carbonyl (C=O) groups is 1. The SMILES string of the molecule is CN1CCN(C(CNC(=O)c2cc(Cl)ccc2Cl)c2ccc(N(C)C)cc2)CC1. The molecule has 0 aliphatic carbocycles. The monoisotopic (exact) mass is 434 g/mol. The molecule has 1 aliphatic rings. The Labute approximate surface area is 183 Å². The number of carbonyl (C=O) groups excluding carboxylic acids is 1. The van der Waals surface area contributed by atoms with E-state index >= 15 is 0 Å². The van der Waals surface area contributed by atoms with Gasteiger partial charge in [0, 0.05) is 57.5 Å². The Morgan fingerprint density at radius 2 is 1.72 bits per heavy atom. The van der Waals surface area contributed by atoms with Crippen molar-refractivity contribution in [1.82, 2.24) is 15.1 Å². The zero-order valence-electron chi connectivity index (χ0n) is 17.2. The first-order chi connectivity index (χ1) is 13.8. The van der Waals surface area contributed by atoms with Crippen molar-refractivity contribution < 1.29 is 4.79 Å². The topological polar surface area (TPSA) is 38.8 Å². The van der Waals surface area contributed by atoms with Crippen molar-refractivity contribution in [3.8, 4) is 0 Å². The van der Waals surface area contributed by atoms with E-state index < -0.39 is 0 Å². The van der Waals surface area contributed by atoms with E-state index in [1.165, 1.54) is 5.56 Å². The molecule has 29 heavy (non-hydrogen) atoms. The number of likely N-dealkylation sites (N-methyl/N-ethyl adjacent to an activating group) is 1. The largest absolute Gasteiger partial charge is 0.378 e. The predicted molar refractivity (Wildman–Crippen MR) is 121 cm³/mol. The van der Waals surface area contributed by atoms with Crippen LogP contribution < -0.4 is 10.2 Å². The molecule has 3 rings (SSSR count). The Kier molecular flexibility index (Phi) is 7.41. The lowest BCUT2D eigenvalue weighted by atomic mass is 10.0. The second-order valence-corrected chi connectivity index (χ2v) is 8.52. The maximum atomic E-state index is 12.7. The van der Waals surface area contributed by atoms with Gasteiger partial charge in [0.2, 0.25) is 0 Å². The molecular formula is C22H28Cl2N4O. The lowest BCUT2D eigenvalue weighted by Gasteiger charge is -2.38. The standard InChI is InChI=1S/C22H28Cl2N4O/c1-26(2)18-7-4-16(5-8-18)21(28-12-10-27(3)11-13-28)15-25-22(29)19-14-17(23)6-9-20(19)24/h4-9,14,21H,10-13,15H2,1-3H3,(H,25,29). The second kappa shape index (κ2) is 9.81. The van der Waals surface area contributed by atoms with Gasteiger partial charge >= 0.3 is 0 Å². The number of benzene rings is 2. The molecule has 1 atom stereocenters. The highest BCUT2D eigenvalue weighted by Crippen LogP contribution is 2.25. The summed E-state index contributed by atoms with van der Waals surface area (Å²) in [6, 6.07) is 13.6. The van der Waals surface area contributed by atoms with Gasteiger partial charge in [-0.3, -0.25) is 9.69 Å². The highest BCUT2D eigenvalue weighted by molar-refractivity contribution is 6.35. The van der Waals surface area contributed by atoms with E-state index in [9.17, 15) is 4.79 Å². The molecule has 0 spiro atoms. The van der Waals surface area contributed by atoms with Crippen LogP contribution >= 0.6 is 23.2 Å². The van der Waals surface area contributed by atoms with Gasteiger partial charge in [-0.2, -0.15) is 0 Å². The average Bonchev–Trinajstić information content (AvgIpc) is 2.71. The summed E-state index contributed by atoms with van der Waals surface area (Å²) in [7, 11) is 6.20. The number of halogens is 2. The van der Waals surface area contributed by atoms with Crippen LogP contribution in [0.3, 0.4) is 0 Å². The Balaban J connectivity index is 1.77. The third kappa shape index (κ3) is 5.64. The lowest BCUT2D eigenvalue weighted by molar-refractivity contribution is 0.0886. The quantitative estimate of drug-likeness (QED) is 0.750. The van der Waals surface area contributed by atoms with Crippen molar-refractivity contribution in [2.24, 2.45) is 0 Å². The van der Waals surface area contributed by atoms with Gasteiger partial charge in [-0.05, 0) is 42.9 Å². The van der Waals surface area contributed by atoms with Crippen LogP contribution in [0.5, 0.6) is 0 Å². The summed E-state index contributed by atoms with van der Waals surface area (Å²) in [6.45, 7) is 4.46. The molecule has 1 amide bonds. The van der Waals surface area contributed by atoms with Gasteiger partial charge in [-0.1, -0.05) is 35.3 Å². The number of rotatable bonds is 6. The van der Waals surface area contributed by atoms with Gasteiger partial charge in [0.05, 0.1) is 16.6 Å². The van der Waals surface area contributed by atoms with E-state index in [1.54, 1.807) is 18.2 Å². The molecule has 1 unspecified atom stereocenters. The van der Waals surface area contributed by atoms with E-state index in [-0.39, 0.29) is 11.9 Å². The number of piperazine rings is 1. The highest BCUT2D eigenvalue weighted by Gasteiger charge is 2.25. The summed E-state index contributed by atoms with van der Waals surface area (Å²) in [5, 5.41) is 3.96. The van der Waals surface area contributed by atoms with Gasteiger partial charge in [0.15, 0.2) is 0 Å². The molecule has 0 radical (unpaired) electrons. The summed E-state index contributed by atoms with van der Waals surface area (Å²) in [4.78, 5) is 19.6. The number of hydrogen-bond donors (Lipinski definition) is 1. The summed E-state index contributed by atoms with van der Waals surface area (Å²) in [5.74, 6) is -0.207. The Hall–Kier alpha value is -1.79. The minimum absolute atomic E-state index is 0.0989. The smallest absolute Gasteiger partial charge is 0.252 e. The van der Waals surface area contributed by atoms with E-state index in [0.717, 1.165) is 31.9 Å². The first-order valence-corrected chi connectivity index (χ1v) is 10.5. The van der Waals surface area contributed by atoms with E-state index in [4.69, 9.17) is 23.2 Å². The molecule has 1 saturated heterocycles. The number of hydrogen-bond acceptors (Lipinski definition) is 4. The van der Waals surface area contributed by atoms with Crippen molar-refractivity contribution in [2.45, 2.75) is 6.04 Å². The zero-order valence-corrected chi connectivity index (χ0v) is 18.7. The molecule has 1 N–H and O–H groups in total. The molecule has 2 aromatic rings. The van der Waals surface area contributed by atoms with E-state index in [1.807, 2.05) is 14.1 Å². The minimum atomic E-state index is -0.207. The molecule has 0 saturated carbocycles. The van der Waals surface area contributed by atoms with E-state index in [0.29, 0.717) is 22.2 Å². The van der Waals surface area contributed by atoms with E-state index in [2.05, 4.69) is 51.3 Å². The van der Waals surface area contributed by atoms with Crippen molar-refractivity contribution in [3.63, 3.8) is 0 Å². The molecule has 1 heterocycles. The van der Waals surface area contributed by atoms with Crippen LogP contribution in [0.15, 0.2) is 42.5 Å². The van der Waals surface area contributed by atoms with Crippen molar-refractivity contribution in [3.05, 3.63) is 63.6 Å². The lowest BCUT2D eigenvalue weighted by Crippen LogP contribution is -2.48. The summed E-state index contributed by atoms with van der Waals surface area (Å²) in [6.07, 6.45) is 0. The van der Waals surface area contributed by atoms with Gasteiger partial charge < -0.3 is 15.1 Å². The Morgan fingerprint density at radius 1 is 1.07 bits per heavy atom. The number of nitrogens with one attached hydrogen (secondary N) is 1. The van der Waals surface area contributed by atoms with Crippen molar-refractivity contribution >= 4 is 34.8 Å². The van der Waals surface area contributed by atoms with Crippen LogP contribution in [0.1, 0.15) is 22.0 Å². The molecule has 0 aromatic heterocycles. The first-order valence-electron chi connectivity index (χ1n) is 9.78. The fraction of sp³-hybridized carbons (Fsp3) is 0.409. The molecular weight excluding hydrogens is 407 g/mol. The molecule has 1 aliphatic heterocycles. The van der Waals surface area contributed by atoms with Gasteiger partial charge in [-0.15, -0.1) is 0 Å². The van der Waals surface area contributed by atoms with Crippen LogP contribution in [0.2, 0.25) is 10.0 Å². The van der Waals surface area contributed by atoms with Gasteiger partial charge in [0.1, 0.15) is 0 Å². The predicted octanol–water partition coefficient (Wildman–Crippen LogP) is 3.78. The van der Waals surface area contributed by atoms with Crippen molar-refractivity contribution in [2.75, 3.05) is 58.8 Å². The second-order valence-electron chi connectivity index (χ2n) is 7.68. The maximum absolute atomic E-state index is 12.7. The van der Waals surface area contributed by atoms with Crippen LogP contribution in [0.4, 0.5) is 5.69 Å². The third-order valence-electron chi connectivity index (χ3n) is 5.40. The number of amides is 1. The molecule has 7 heteroatoms. The highest BCUT2D eigenvalue weighted by atomic mass is 35.5. The fourth-order valence-corrected chi connectivity index (χ4v) is 3.92. The fourth-order valence-electron chi connectivity index (χ4n) is 3.54. The van der Waals surface area contributed by atoms with Crippen molar-refractivity contribution in [1.29, 1.82) is 0 Å². The van der Waals surface area contributed by atoms with Crippen LogP contribution in [0, 0.1) is 0 Å². The Bertz CT molecular complexity index is 833. The average molecular weight is 435 g/mol. The summed E-state index contributed by atoms with van der Waals surface area (Å²) >= 11 is 12.2. The van der Waals surface area contributed by atoms with Gasteiger partial charge in [-0.25, -0.2) is 0 Å². The number of anilines is 1. The minimum Gasteiger partial charge on any atom is -0.378 e. The van der Waals surface area contributed by atoms with Crippen LogP contribution in [0.25, 0.3) is 0 Å². The van der Waals surface area contributed by atoms with Gasteiger partial charge in [0.25, 0.3) is 5.91 Å². The summed E-state index contributed by atoms with van der Waals surface area (Å²) < 4.78 is 0. The molecule has 5 nitrogen and oxygen atoms in total. The number of nitrogens with zero attached hydrogens (tertiary/aromatic N) is 3. The Morgan fingerprint density at radius 3 is 2.34 bits per heavy atom. The normalized spacial score (nSPS) is 16.4. The molecule has 1 fully saturated rings. The molecule has 0 bridgehead atoms. The van der Waals surface area contributed by atoms with Crippen LogP contribution in [-0.2, 0) is 0 Å². The third-order valence-corrected chi connectivity index (χ3v) is 5.97. The first kappa shape index (κ1) is 21.9. The molecule has 2 aromatic carbocycles. The molecule has 156 valence electrons. The zero-order chi connectivity index (χ0) is 21.0.